The monoisotopic (exact) mass is 185 g/mol. The van der Waals surface area contributed by atoms with Crippen molar-refractivity contribution >= 4 is 5.91 Å². The Balaban J connectivity index is 1.83. The minimum absolute atomic E-state index is 0.0677. The van der Waals surface area contributed by atoms with Gasteiger partial charge in [-0.25, -0.2) is 5.06 Å². The zero-order chi connectivity index (χ0) is 9.47. The van der Waals surface area contributed by atoms with Crippen molar-refractivity contribution in [3.8, 4) is 0 Å². The van der Waals surface area contributed by atoms with E-state index in [1.165, 1.54) is 5.06 Å². The van der Waals surface area contributed by atoms with E-state index in [1.54, 1.807) is 6.92 Å². The van der Waals surface area contributed by atoms with Gasteiger partial charge in [0.2, 0.25) is 5.91 Å². The van der Waals surface area contributed by atoms with Gasteiger partial charge >= 0.3 is 0 Å². The van der Waals surface area contributed by atoms with Gasteiger partial charge < -0.3 is 5.11 Å². The fourth-order valence-electron chi connectivity index (χ4n) is 1.56. The normalized spacial score (nSPS) is 26.9. The molecular formula is C9H15NO3. The maximum Gasteiger partial charge on any atom is 0.249 e. The Bertz CT molecular complexity index is 223. The smallest absolute Gasteiger partial charge is 0.249 e. The van der Waals surface area contributed by atoms with Gasteiger partial charge in [-0.3, -0.25) is 9.63 Å². The molecule has 2 rings (SSSR count). The Morgan fingerprint density at radius 2 is 2.38 bits per heavy atom. The Morgan fingerprint density at radius 3 is 2.85 bits per heavy atom. The quantitative estimate of drug-likeness (QED) is 0.694. The first kappa shape index (κ1) is 8.97. The van der Waals surface area contributed by atoms with E-state index in [-0.39, 0.29) is 17.6 Å². The van der Waals surface area contributed by atoms with Gasteiger partial charge in [0, 0.05) is 0 Å². The van der Waals surface area contributed by atoms with Gasteiger partial charge in [0.25, 0.3) is 0 Å². The van der Waals surface area contributed by atoms with Crippen LogP contribution in [-0.4, -0.2) is 34.3 Å². The lowest BCUT2D eigenvalue weighted by Crippen LogP contribution is -2.27. The van der Waals surface area contributed by atoms with Crippen molar-refractivity contribution in [3.63, 3.8) is 0 Å². The summed E-state index contributed by atoms with van der Waals surface area (Å²) in [6, 6.07) is 0. The molecule has 1 aliphatic heterocycles. The maximum atomic E-state index is 11.4. The van der Waals surface area contributed by atoms with Gasteiger partial charge in [0.1, 0.15) is 5.60 Å². The second-order valence-corrected chi connectivity index (χ2v) is 4.08. The Kier molecular flexibility index (Phi) is 2.04. The number of nitrogens with zero attached hydrogens (tertiary/aromatic N) is 1. The molecule has 1 heterocycles. The molecule has 0 radical (unpaired) electrons. The molecule has 1 saturated carbocycles. The van der Waals surface area contributed by atoms with Crippen molar-refractivity contribution in [2.45, 2.75) is 44.3 Å². The van der Waals surface area contributed by atoms with E-state index in [2.05, 4.69) is 0 Å². The van der Waals surface area contributed by atoms with Crippen LogP contribution in [0.15, 0.2) is 0 Å². The van der Waals surface area contributed by atoms with Crippen LogP contribution in [0.3, 0.4) is 0 Å². The first-order valence-electron chi connectivity index (χ1n) is 4.79. The molecule has 74 valence electrons. The maximum absolute atomic E-state index is 11.4. The SMILES string of the molecule is CC(O)CCN1OC2(CC2)CC1=O. The third-order valence-corrected chi connectivity index (χ3v) is 2.61. The summed E-state index contributed by atoms with van der Waals surface area (Å²) < 4.78 is 0. The molecule has 0 bridgehead atoms. The number of carbonyl (C=O) groups is 1. The largest absolute Gasteiger partial charge is 0.393 e. The zero-order valence-corrected chi connectivity index (χ0v) is 7.82. The number of hydroxylamine groups is 2. The van der Waals surface area contributed by atoms with Gasteiger partial charge in [0.05, 0.1) is 19.1 Å². The summed E-state index contributed by atoms with van der Waals surface area (Å²) in [6.07, 6.45) is 2.76. The lowest BCUT2D eigenvalue weighted by Gasteiger charge is -2.16. The first-order chi connectivity index (χ1) is 6.11. The van der Waals surface area contributed by atoms with Gasteiger partial charge in [-0.2, -0.15) is 0 Å². The second kappa shape index (κ2) is 2.96. The lowest BCUT2D eigenvalue weighted by molar-refractivity contribution is -0.179. The fourth-order valence-corrected chi connectivity index (χ4v) is 1.56. The fraction of sp³-hybridized carbons (Fsp3) is 0.889. The van der Waals surface area contributed by atoms with E-state index in [0.29, 0.717) is 19.4 Å². The number of carbonyl (C=O) groups excluding carboxylic acids is 1. The molecule has 1 amide bonds. The van der Waals surface area contributed by atoms with E-state index in [0.717, 1.165) is 12.8 Å². The molecule has 0 aromatic rings. The third kappa shape index (κ3) is 1.84. The summed E-state index contributed by atoms with van der Waals surface area (Å²) in [5, 5.41) is 10.5. The average Bonchev–Trinajstić information content (AvgIpc) is 2.69. The number of hydrogen-bond acceptors (Lipinski definition) is 3. The Hall–Kier alpha value is -0.610. The number of amides is 1. The number of aliphatic hydroxyl groups is 1. The lowest BCUT2D eigenvalue weighted by atomic mass is 10.2. The second-order valence-electron chi connectivity index (χ2n) is 4.08. The Morgan fingerprint density at radius 1 is 1.69 bits per heavy atom. The molecule has 4 heteroatoms. The molecular weight excluding hydrogens is 170 g/mol. The van der Waals surface area contributed by atoms with Crippen LogP contribution in [0.2, 0.25) is 0 Å². The molecule has 1 saturated heterocycles. The summed E-state index contributed by atoms with van der Waals surface area (Å²) in [6.45, 7) is 2.23. The van der Waals surface area contributed by atoms with E-state index >= 15 is 0 Å². The van der Waals surface area contributed by atoms with Crippen molar-refractivity contribution in [1.29, 1.82) is 0 Å². The molecule has 2 fully saturated rings. The molecule has 13 heavy (non-hydrogen) atoms. The molecule has 4 nitrogen and oxygen atoms in total. The van der Waals surface area contributed by atoms with Crippen molar-refractivity contribution in [3.05, 3.63) is 0 Å². The number of aliphatic hydroxyl groups excluding tert-OH is 1. The molecule has 1 spiro atoms. The highest BCUT2D eigenvalue weighted by atomic mass is 16.7. The molecule has 1 unspecified atom stereocenters. The van der Waals surface area contributed by atoms with Crippen LogP contribution in [0.25, 0.3) is 0 Å². The standard InChI is InChI=1S/C9H15NO3/c1-7(11)2-5-10-8(12)6-9(13-10)3-4-9/h7,11H,2-6H2,1H3. The van der Waals surface area contributed by atoms with Gasteiger partial charge in [-0.1, -0.05) is 0 Å². The van der Waals surface area contributed by atoms with E-state index < -0.39 is 0 Å². The van der Waals surface area contributed by atoms with Crippen LogP contribution in [0.4, 0.5) is 0 Å². The van der Waals surface area contributed by atoms with Gasteiger partial charge in [-0.15, -0.1) is 0 Å². The summed E-state index contributed by atoms with van der Waals surface area (Å²) in [5.41, 5.74) is -0.129. The summed E-state index contributed by atoms with van der Waals surface area (Å²) in [5.74, 6) is 0.0677. The minimum atomic E-state index is -0.368. The highest BCUT2D eigenvalue weighted by molar-refractivity contribution is 5.78. The van der Waals surface area contributed by atoms with Crippen molar-refractivity contribution in [1.82, 2.24) is 5.06 Å². The summed E-state index contributed by atoms with van der Waals surface area (Å²) in [4.78, 5) is 16.9. The van der Waals surface area contributed by atoms with Crippen LogP contribution < -0.4 is 0 Å². The average molecular weight is 185 g/mol. The molecule has 0 aromatic heterocycles. The highest BCUT2D eigenvalue weighted by Crippen LogP contribution is 2.47. The van der Waals surface area contributed by atoms with Crippen LogP contribution in [-0.2, 0) is 9.63 Å². The Labute approximate surface area is 77.4 Å². The molecule has 0 aromatic carbocycles. The van der Waals surface area contributed by atoms with Crippen LogP contribution in [0.1, 0.15) is 32.6 Å². The third-order valence-electron chi connectivity index (χ3n) is 2.61. The van der Waals surface area contributed by atoms with Crippen molar-refractivity contribution in [2.75, 3.05) is 6.54 Å². The van der Waals surface area contributed by atoms with Crippen molar-refractivity contribution < 1.29 is 14.7 Å². The highest BCUT2D eigenvalue weighted by Gasteiger charge is 2.54. The molecule has 1 atom stereocenters. The van der Waals surface area contributed by atoms with Gasteiger partial charge in [-0.05, 0) is 26.2 Å². The van der Waals surface area contributed by atoms with Crippen LogP contribution in [0.5, 0.6) is 0 Å². The predicted octanol–water partition coefficient (Wildman–Crippen LogP) is 0.454. The number of hydrogen-bond donors (Lipinski definition) is 1. The molecule has 1 N–H and O–H groups in total. The van der Waals surface area contributed by atoms with Crippen molar-refractivity contribution in [2.24, 2.45) is 0 Å². The minimum Gasteiger partial charge on any atom is -0.393 e. The predicted molar refractivity (Wildman–Crippen MR) is 45.7 cm³/mol. The first-order valence-corrected chi connectivity index (χ1v) is 4.79. The summed E-state index contributed by atoms with van der Waals surface area (Å²) >= 11 is 0. The summed E-state index contributed by atoms with van der Waals surface area (Å²) in [7, 11) is 0. The van der Waals surface area contributed by atoms with E-state index in [1.807, 2.05) is 0 Å². The van der Waals surface area contributed by atoms with Crippen LogP contribution in [0, 0.1) is 0 Å². The zero-order valence-electron chi connectivity index (χ0n) is 7.82. The van der Waals surface area contributed by atoms with E-state index in [9.17, 15) is 4.79 Å². The van der Waals surface area contributed by atoms with E-state index in [4.69, 9.17) is 9.94 Å². The molecule has 1 aliphatic carbocycles. The topological polar surface area (TPSA) is 49.8 Å². The van der Waals surface area contributed by atoms with Gasteiger partial charge in [0.15, 0.2) is 0 Å². The number of rotatable bonds is 3. The molecule has 2 aliphatic rings. The van der Waals surface area contributed by atoms with Crippen LogP contribution >= 0.6 is 0 Å².